The summed E-state index contributed by atoms with van der Waals surface area (Å²) in [6.07, 6.45) is 1.09. The Labute approximate surface area is 95.1 Å². The Morgan fingerprint density at radius 3 is 2.73 bits per heavy atom. The zero-order valence-corrected chi connectivity index (χ0v) is 10.1. The number of thiophene rings is 1. The summed E-state index contributed by atoms with van der Waals surface area (Å²) >= 11 is 1.82. The van der Waals surface area contributed by atoms with Crippen LogP contribution in [0, 0.1) is 0 Å². The molecule has 0 aliphatic heterocycles. The summed E-state index contributed by atoms with van der Waals surface area (Å²) in [4.78, 5) is 2.71. The highest BCUT2D eigenvalue weighted by atomic mass is 32.1. The lowest BCUT2D eigenvalue weighted by atomic mass is 10.3. The molecule has 0 fully saturated rings. The molecule has 1 aromatic heterocycles. The van der Waals surface area contributed by atoms with E-state index in [0.717, 1.165) is 13.0 Å². The van der Waals surface area contributed by atoms with Crippen LogP contribution in [0.1, 0.15) is 16.7 Å². The quantitative estimate of drug-likeness (QED) is 0.743. The van der Waals surface area contributed by atoms with Crippen molar-refractivity contribution in [1.29, 1.82) is 0 Å². The van der Waals surface area contributed by atoms with Crippen molar-refractivity contribution in [3.8, 4) is 0 Å². The maximum absolute atomic E-state index is 9.05. The number of hydrogen-bond donors (Lipinski definition) is 2. The van der Waals surface area contributed by atoms with Crippen LogP contribution in [-0.2, 0) is 17.7 Å². The van der Waals surface area contributed by atoms with E-state index in [4.69, 9.17) is 9.84 Å². The fourth-order valence-electron chi connectivity index (χ4n) is 1.33. The van der Waals surface area contributed by atoms with Crippen LogP contribution in [-0.4, -0.2) is 31.5 Å². The first-order valence-corrected chi connectivity index (χ1v) is 6.02. The third-order valence-corrected chi connectivity index (χ3v) is 3.45. The van der Waals surface area contributed by atoms with Crippen molar-refractivity contribution in [3.63, 3.8) is 0 Å². The van der Waals surface area contributed by atoms with Crippen LogP contribution in [0.5, 0.6) is 0 Å². The lowest BCUT2D eigenvalue weighted by Gasteiger charge is -2.14. The Morgan fingerprint density at radius 1 is 1.47 bits per heavy atom. The van der Waals surface area contributed by atoms with Crippen molar-refractivity contribution in [1.82, 2.24) is 5.32 Å². The number of hydrogen-bond acceptors (Lipinski definition) is 4. The topological polar surface area (TPSA) is 41.5 Å². The lowest BCUT2D eigenvalue weighted by Crippen LogP contribution is -2.35. The average Bonchev–Trinajstić information content (AvgIpc) is 2.72. The van der Waals surface area contributed by atoms with Gasteiger partial charge in [0.2, 0.25) is 0 Å². The van der Waals surface area contributed by atoms with Crippen LogP contribution >= 0.6 is 11.3 Å². The minimum Gasteiger partial charge on any atom is -0.395 e. The van der Waals surface area contributed by atoms with E-state index in [9.17, 15) is 0 Å². The summed E-state index contributed by atoms with van der Waals surface area (Å²) < 4.78 is 4.99. The summed E-state index contributed by atoms with van der Waals surface area (Å²) in [7, 11) is 1.64. The third-order valence-electron chi connectivity index (χ3n) is 2.22. The standard InChI is InChI=1S/C11H19NO2S/c1-3-10-4-5-11(15-10)6-12-9(7-13)8-14-2/h4-5,9,12-13H,3,6-8H2,1-2H3. The van der Waals surface area contributed by atoms with Crippen molar-refractivity contribution in [3.05, 3.63) is 21.9 Å². The molecule has 86 valence electrons. The molecule has 0 spiro atoms. The molecule has 0 amide bonds. The van der Waals surface area contributed by atoms with Gasteiger partial charge in [-0.2, -0.15) is 0 Å². The molecule has 0 aromatic carbocycles. The van der Waals surface area contributed by atoms with Crippen molar-refractivity contribution < 1.29 is 9.84 Å². The van der Waals surface area contributed by atoms with E-state index in [1.165, 1.54) is 9.75 Å². The van der Waals surface area contributed by atoms with E-state index >= 15 is 0 Å². The summed E-state index contributed by atoms with van der Waals surface area (Å²) in [6.45, 7) is 3.62. The predicted octanol–water partition coefficient (Wildman–Crippen LogP) is 1.41. The molecular weight excluding hydrogens is 210 g/mol. The first-order valence-electron chi connectivity index (χ1n) is 5.21. The van der Waals surface area contributed by atoms with Gasteiger partial charge in [-0.05, 0) is 18.6 Å². The summed E-state index contributed by atoms with van der Waals surface area (Å²) in [5, 5.41) is 12.3. The Morgan fingerprint density at radius 2 is 2.20 bits per heavy atom. The van der Waals surface area contributed by atoms with Gasteiger partial charge < -0.3 is 15.2 Å². The molecule has 1 rings (SSSR count). The number of rotatable bonds is 7. The predicted molar refractivity (Wildman–Crippen MR) is 63.3 cm³/mol. The Balaban J connectivity index is 2.34. The third kappa shape index (κ3) is 4.30. The molecular formula is C11H19NO2S. The maximum atomic E-state index is 9.05. The van der Waals surface area contributed by atoms with Crippen LogP contribution in [0.3, 0.4) is 0 Å². The summed E-state index contributed by atoms with van der Waals surface area (Å²) in [5.41, 5.74) is 0. The largest absolute Gasteiger partial charge is 0.395 e. The second-order valence-corrected chi connectivity index (χ2v) is 4.69. The van der Waals surface area contributed by atoms with Gasteiger partial charge in [0.05, 0.1) is 19.3 Å². The highest BCUT2D eigenvalue weighted by Gasteiger charge is 2.06. The number of ether oxygens (including phenoxy) is 1. The first-order chi connectivity index (χ1) is 7.30. The van der Waals surface area contributed by atoms with E-state index in [1.807, 2.05) is 11.3 Å². The van der Waals surface area contributed by atoms with Crippen molar-refractivity contribution in [2.45, 2.75) is 25.9 Å². The molecule has 1 heterocycles. The Bertz CT molecular complexity index is 275. The van der Waals surface area contributed by atoms with Crippen molar-refractivity contribution in [2.75, 3.05) is 20.3 Å². The maximum Gasteiger partial charge on any atom is 0.0638 e. The summed E-state index contributed by atoms with van der Waals surface area (Å²) in [6, 6.07) is 4.33. The number of aryl methyl sites for hydroxylation is 1. The van der Waals surface area contributed by atoms with E-state index in [0.29, 0.717) is 6.61 Å². The van der Waals surface area contributed by atoms with Crippen LogP contribution < -0.4 is 5.32 Å². The van der Waals surface area contributed by atoms with Gasteiger partial charge >= 0.3 is 0 Å². The molecule has 15 heavy (non-hydrogen) atoms. The monoisotopic (exact) mass is 229 g/mol. The van der Waals surface area contributed by atoms with Gasteiger partial charge in [0.15, 0.2) is 0 Å². The minimum absolute atomic E-state index is 0.0298. The van der Waals surface area contributed by atoms with Crippen molar-refractivity contribution >= 4 is 11.3 Å². The van der Waals surface area contributed by atoms with Gasteiger partial charge in [0.1, 0.15) is 0 Å². The zero-order chi connectivity index (χ0) is 11.1. The van der Waals surface area contributed by atoms with Gasteiger partial charge in [-0.1, -0.05) is 6.92 Å². The molecule has 0 aliphatic carbocycles. The molecule has 4 heteroatoms. The number of aliphatic hydroxyl groups excluding tert-OH is 1. The lowest BCUT2D eigenvalue weighted by molar-refractivity contribution is 0.128. The van der Waals surface area contributed by atoms with Gasteiger partial charge in [0, 0.05) is 23.4 Å². The second kappa shape index (κ2) is 6.95. The highest BCUT2D eigenvalue weighted by molar-refractivity contribution is 7.11. The molecule has 0 radical (unpaired) electrons. The summed E-state index contributed by atoms with van der Waals surface area (Å²) in [5.74, 6) is 0. The van der Waals surface area contributed by atoms with Crippen LogP contribution in [0.25, 0.3) is 0 Å². The fraction of sp³-hybridized carbons (Fsp3) is 0.636. The van der Waals surface area contributed by atoms with Gasteiger partial charge in [-0.3, -0.25) is 0 Å². The SMILES string of the molecule is CCc1ccc(CNC(CO)COC)s1. The molecule has 2 N–H and O–H groups in total. The molecule has 1 unspecified atom stereocenters. The highest BCUT2D eigenvalue weighted by Crippen LogP contribution is 2.16. The number of methoxy groups -OCH3 is 1. The molecule has 0 bridgehead atoms. The van der Waals surface area contributed by atoms with E-state index in [-0.39, 0.29) is 12.6 Å². The van der Waals surface area contributed by atoms with Gasteiger partial charge in [0.25, 0.3) is 0 Å². The average molecular weight is 229 g/mol. The number of aliphatic hydroxyl groups is 1. The second-order valence-electron chi connectivity index (χ2n) is 3.44. The first kappa shape index (κ1) is 12.6. The normalized spacial score (nSPS) is 13.0. The smallest absolute Gasteiger partial charge is 0.0638 e. The fourth-order valence-corrected chi connectivity index (χ4v) is 2.24. The van der Waals surface area contributed by atoms with Gasteiger partial charge in [-0.25, -0.2) is 0 Å². The molecule has 3 nitrogen and oxygen atoms in total. The Hall–Kier alpha value is -0.420. The Kier molecular flexibility index (Phi) is 5.86. The van der Waals surface area contributed by atoms with Crippen LogP contribution in [0.15, 0.2) is 12.1 Å². The molecule has 0 saturated heterocycles. The zero-order valence-electron chi connectivity index (χ0n) is 9.32. The van der Waals surface area contributed by atoms with Crippen LogP contribution in [0.4, 0.5) is 0 Å². The van der Waals surface area contributed by atoms with E-state index < -0.39 is 0 Å². The number of nitrogens with one attached hydrogen (secondary N) is 1. The van der Waals surface area contributed by atoms with E-state index in [2.05, 4.69) is 24.4 Å². The molecule has 0 saturated carbocycles. The van der Waals surface area contributed by atoms with Crippen molar-refractivity contribution in [2.24, 2.45) is 0 Å². The minimum atomic E-state index is 0.0298. The molecule has 0 aliphatic rings. The van der Waals surface area contributed by atoms with Crippen LogP contribution in [0.2, 0.25) is 0 Å². The van der Waals surface area contributed by atoms with E-state index in [1.54, 1.807) is 7.11 Å². The molecule has 1 atom stereocenters. The van der Waals surface area contributed by atoms with Gasteiger partial charge in [-0.15, -0.1) is 11.3 Å². The molecule has 1 aromatic rings.